The minimum absolute atomic E-state index is 0.338. The van der Waals surface area contributed by atoms with E-state index in [0.717, 1.165) is 16.0 Å². The first-order chi connectivity index (χ1) is 11.7. The molecule has 0 aliphatic rings. The van der Waals surface area contributed by atoms with Crippen LogP contribution >= 0.6 is 23.4 Å². The number of hydrogen-bond acceptors (Lipinski definition) is 4. The van der Waals surface area contributed by atoms with E-state index >= 15 is 0 Å². The van der Waals surface area contributed by atoms with Crippen LogP contribution in [-0.4, -0.2) is 12.4 Å². The number of halogens is 1. The van der Waals surface area contributed by atoms with Crippen molar-refractivity contribution in [3.8, 4) is 17.6 Å². The van der Waals surface area contributed by atoms with Crippen molar-refractivity contribution in [1.82, 2.24) is 0 Å². The zero-order valence-electron chi connectivity index (χ0n) is 12.6. The van der Waals surface area contributed by atoms with Gasteiger partial charge in [-0.2, -0.15) is 0 Å². The average Bonchev–Trinajstić information content (AvgIpc) is 2.59. The molecule has 0 N–H and O–H groups in total. The average molecular weight is 357 g/mol. The summed E-state index contributed by atoms with van der Waals surface area (Å²) in [4.78, 5) is 12.2. The Bertz CT molecular complexity index is 952. The maximum atomic E-state index is 11.2. The van der Waals surface area contributed by atoms with Crippen LogP contribution in [-0.2, 0) is 0 Å². The van der Waals surface area contributed by atoms with E-state index in [0.29, 0.717) is 23.0 Å². The molecule has 120 valence electrons. The van der Waals surface area contributed by atoms with Gasteiger partial charge in [0.05, 0.1) is 5.75 Å². The maximum absolute atomic E-state index is 11.2. The first-order valence-electron chi connectivity index (χ1n) is 7.21. The predicted molar refractivity (Wildman–Crippen MR) is 97.9 cm³/mol. The Labute approximate surface area is 148 Å². The van der Waals surface area contributed by atoms with Gasteiger partial charge in [0, 0.05) is 21.4 Å². The van der Waals surface area contributed by atoms with E-state index < -0.39 is 0 Å². The molecular weight excluding hydrogens is 344 g/mol. The van der Waals surface area contributed by atoms with Crippen molar-refractivity contribution in [2.75, 3.05) is 12.4 Å². The Morgan fingerprint density at radius 3 is 2.71 bits per heavy atom. The zero-order chi connectivity index (χ0) is 16.8. The van der Waals surface area contributed by atoms with E-state index in [1.165, 1.54) is 6.07 Å². The molecule has 5 heteroatoms. The van der Waals surface area contributed by atoms with E-state index in [1.54, 1.807) is 36.0 Å². The molecule has 3 rings (SSSR count). The molecule has 2 aromatic carbocycles. The second-order valence-electron chi connectivity index (χ2n) is 4.84. The second kappa shape index (κ2) is 7.96. The van der Waals surface area contributed by atoms with Crippen molar-refractivity contribution < 1.29 is 9.15 Å². The van der Waals surface area contributed by atoms with Crippen molar-refractivity contribution in [1.29, 1.82) is 0 Å². The molecule has 0 atom stereocenters. The van der Waals surface area contributed by atoms with Gasteiger partial charge in [0.15, 0.2) is 0 Å². The summed E-state index contributed by atoms with van der Waals surface area (Å²) in [5.74, 6) is 7.45. The Balaban J connectivity index is 1.50. The van der Waals surface area contributed by atoms with Crippen LogP contribution in [0, 0.1) is 11.8 Å². The van der Waals surface area contributed by atoms with Gasteiger partial charge in [-0.3, -0.25) is 0 Å². The first kappa shape index (κ1) is 16.5. The largest absolute Gasteiger partial charge is 0.481 e. The topological polar surface area (TPSA) is 39.4 Å². The number of fused-ring (bicyclic) bond motifs is 1. The van der Waals surface area contributed by atoms with Crippen LogP contribution in [0.1, 0.15) is 0 Å². The summed E-state index contributed by atoms with van der Waals surface area (Å²) < 4.78 is 10.6. The highest BCUT2D eigenvalue weighted by atomic mass is 35.5. The lowest BCUT2D eigenvalue weighted by Crippen LogP contribution is -1.94. The van der Waals surface area contributed by atoms with Crippen LogP contribution in [0.15, 0.2) is 68.7 Å². The van der Waals surface area contributed by atoms with Crippen molar-refractivity contribution in [2.45, 2.75) is 4.90 Å². The lowest BCUT2D eigenvalue weighted by molar-refractivity contribution is 0.370. The molecule has 0 radical (unpaired) electrons. The van der Waals surface area contributed by atoms with Gasteiger partial charge in [0.1, 0.15) is 17.9 Å². The molecule has 1 heterocycles. The third-order valence-electron chi connectivity index (χ3n) is 3.15. The normalized spacial score (nSPS) is 10.2. The summed E-state index contributed by atoms with van der Waals surface area (Å²) in [6, 6.07) is 16.1. The van der Waals surface area contributed by atoms with Crippen LogP contribution < -0.4 is 10.4 Å². The second-order valence-corrected chi connectivity index (χ2v) is 6.32. The number of rotatable bonds is 4. The number of hydrogen-bond donors (Lipinski definition) is 0. The fourth-order valence-corrected chi connectivity index (χ4v) is 2.85. The van der Waals surface area contributed by atoms with Crippen molar-refractivity contribution in [2.24, 2.45) is 0 Å². The van der Waals surface area contributed by atoms with Gasteiger partial charge < -0.3 is 9.15 Å². The van der Waals surface area contributed by atoms with E-state index in [2.05, 4.69) is 11.8 Å². The van der Waals surface area contributed by atoms with Crippen LogP contribution in [0.5, 0.6) is 5.75 Å². The van der Waals surface area contributed by atoms with Gasteiger partial charge >= 0.3 is 5.63 Å². The highest BCUT2D eigenvalue weighted by Crippen LogP contribution is 2.22. The van der Waals surface area contributed by atoms with Gasteiger partial charge in [-0.05, 0) is 48.5 Å². The molecule has 0 amide bonds. The molecule has 24 heavy (non-hydrogen) atoms. The van der Waals surface area contributed by atoms with Gasteiger partial charge in [-0.25, -0.2) is 4.79 Å². The van der Waals surface area contributed by atoms with Crippen molar-refractivity contribution >= 4 is 34.3 Å². The standard InChI is InChI=1S/C19H13ClO3S/c20-15-4-6-16(7-5-15)22-11-1-2-12-24-17-8-9-18-14(13-17)3-10-19(21)23-18/h3-10,13H,11-12H2. The summed E-state index contributed by atoms with van der Waals surface area (Å²) in [6.07, 6.45) is 0. The third-order valence-corrected chi connectivity index (χ3v) is 4.28. The van der Waals surface area contributed by atoms with E-state index in [1.807, 2.05) is 24.3 Å². The van der Waals surface area contributed by atoms with Gasteiger partial charge in [-0.1, -0.05) is 23.4 Å². The van der Waals surface area contributed by atoms with E-state index in [9.17, 15) is 4.79 Å². The number of benzene rings is 2. The molecule has 3 nitrogen and oxygen atoms in total. The van der Waals surface area contributed by atoms with Crippen LogP contribution in [0.3, 0.4) is 0 Å². The molecule has 0 aliphatic heterocycles. The zero-order valence-corrected chi connectivity index (χ0v) is 14.2. The number of thioether (sulfide) groups is 1. The van der Waals surface area contributed by atoms with Gasteiger partial charge in [0.2, 0.25) is 0 Å². The quantitative estimate of drug-likeness (QED) is 0.388. The fraction of sp³-hybridized carbons (Fsp3) is 0.105. The monoisotopic (exact) mass is 356 g/mol. The van der Waals surface area contributed by atoms with Gasteiger partial charge in [-0.15, -0.1) is 11.8 Å². The first-order valence-corrected chi connectivity index (χ1v) is 8.58. The minimum atomic E-state index is -0.338. The highest BCUT2D eigenvalue weighted by Gasteiger charge is 1.99. The predicted octanol–water partition coefficient (Wildman–Crippen LogP) is 4.62. The molecule has 0 aliphatic carbocycles. The molecule has 0 saturated heterocycles. The van der Waals surface area contributed by atoms with E-state index in [4.69, 9.17) is 20.8 Å². The Morgan fingerprint density at radius 2 is 1.88 bits per heavy atom. The lowest BCUT2D eigenvalue weighted by atomic mass is 10.2. The van der Waals surface area contributed by atoms with Crippen LogP contribution in [0.4, 0.5) is 0 Å². The molecule has 0 spiro atoms. The summed E-state index contributed by atoms with van der Waals surface area (Å²) >= 11 is 7.43. The third kappa shape index (κ3) is 4.58. The fourth-order valence-electron chi connectivity index (χ4n) is 2.01. The molecule has 0 unspecified atom stereocenters. The Hall–Kier alpha value is -2.35. The SMILES string of the molecule is O=c1ccc2cc(SCC#CCOc3ccc(Cl)cc3)ccc2o1. The van der Waals surface area contributed by atoms with Crippen LogP contribution in [0.25, 0.3) is 11.0 Å². The molecule has 0 bridgehead atoms. The molecule has 3 aromatic rings. The van der Waals surface area contributed by atoms with Crippen molar-refractivity contribution in [3.05, 3.63) is 70.0 Å². The maximum Gasteiger partial charge on any atom is 0.336 e. The highest BCUT2D eigenvalue weighted by molar-refractivity contribution is 7.99. The molecule has 0 saturated carbocycles. The number of ether oxygens (including phenoxy) is 1. The van der Waals surface area contributed by atoms with E-state index in [-0.39, 0.29) is 5.63 Å². The molecular formula is C19H13ClO3S. The minimum Gasteiger partial charge on any atom is -0.481 e. The smallest absolute Gasteiger partial charge is 0.336 e. The lowest BCUT2D eigenvalue weighted by Gasteiger charge is -2.01. The summed E-state index contributed by atoms with van der Waals surface area (Å²) in [5.41, 5.74) is 0.253. The summed E-state index contributed by atoms with van der Waals surface area (Å²) in [7, 11) is 0. The Kier molecular flexibility index (Phi) is 5.47. The molecule has 1 aromatic heterocycles. The molecule has 0 fully saturated rings. The Morgan fingerprint density at radius 1 is 1.04 bits per heavy atom. The summed E-state index contributed by atoms with van der Waals surface area (Å²) in [6.45, 7) is 0.338. The summed E-state index contributed by atoms with van der Waals surface area (Å²) in [5, 5.41) is 1.58. The van der Waals surface area contributed by atoms with Crippen LogP contribution in [0.2, 0.25) is 5.02 Å². The van der Waals surface area contributed by atoms with Crippen molar-refractivity contribution in [3.63, 3.8) is 0 Å². The van der Waals surface area contributed by atoms with Gasteiger partial charge in [0.25, 0.3) is 0 Å².